The molecule has 21 heavy (non-hydrogen) atoms. The van der Waals surface area contributed by atoms with E-state index >= 15 is 0 Å². The van der Waals surface area contributed by atoms with E-state index in [2.05, 4.69) is 4.98 Å². The van der Waals surface area contributed by atoms with E-state index < -0.39 is 0 Å². The van der Waals surface area contributed by atoms with Crippen LogP contribution < -0.4 is 0 Å². The van der Waals surface area contributed by atoms with E-state index in [-0.39, 0.29) is 18.4 Å². The summed E-state index contributed by atoms with van der Waals surface area (Å²) in [4.78, 5) is 31.6. The average Bonchev–Trinajstić information content (AvgIpc) is 3.20. The van der Waals surface area contributed by atoms with Crippen LogP contribution in [0.1, 0.15) is 10.6 Å². The maximum atomic E-state index is 12.1. The number of carbonyl (C=O) groups excluding carboxylic acids is 2. The summed E-state index contributed by atoms with van der Waals surface area (Å²) in [6.45, 7) is 2.41. The van der Waals surface area contributed by atoms with Crippen LogP contribution in [-0.2, 0) is 11.3 Å². The molecule has 0 bridgehead atoms. The van der Waals surface area contributed by atoms with Crippen molar-refractivity contribution in [2.75, 3.05) is 26.2 Å². The van der Waals surface area contributed by atoms with Gasteiger partial charge in [-0.05, 0) is 12.1 Å². The minimum atomic E-state index is -0.123. The van der Waals surface area contributed by atoms with E-state index in [1.807, 2.05) is 0 Å². The third kappa shape index (κ3) is 2.96. The molecular formula is C14H16N4O3. The van der Waals surface area contributed by atoms with Gasteiger partial charge in [-0.2, -0.15) is 0 Å². The molecule has 0 unspecified atom stereocenters. The van der Waals surface area contributed by atoms with Gasteiger partial charge in [-0.3, -0.25) is 9.59 Å². The summed E-state index contributed by atoms with van der Waals surface area (Å²) < 4.78 is 6.85. The summed E-state index contributed by atoms with van der Waals surface area (Å²) in [6.07, 6.45) is 6.51. The molecule has 3 heterocycles. The predicted molar refractivity (Wildman–Crippen MR) is 73.4 cm³/mol. The Kier molecular flexibility index (Phi) is 3.72. The Balaban J connectivity index is 1.53. The molecule has 0 N–H and O–H groups in total. The molecule has 0 radical (unpaired) electrons. The Bertz CT molecular complexity index is 598. The molecule has 0 spiro atoms. The average molecular weight is 288 g/mol. The number of amides is 2. The van der Waals surface area contributed by atoms with Crippen LogP contribution in [-0.4, -0.2) is 57.3 Å². The van der Waals surface area contributed by atoms with Gasteiger partial charge in [-0.15, -0.1) is 0 Å². The fraction of sp³-hybridized carbons (Fsp3) is 0.357. The molecule has 110 valence electrons. The highest BCUT2D eigenvalue weighted by Crippen LogP contribution is 2.09. The summed E-state index contributed by atoms with van der Waals surface area (Å²) >= 11 is 0. The summed E-state index contributed by atoms with van der Waals surface area (Å²) in [5.74, 6) is 0.257. The molecule has 1 saturated heterocycles. The van der Waals surface area contributed by atoms with Crippen molar-refractivity contribution >= 4 is 11.8 Å². The Hall–Kier alpha value is -2.57. The lowest BCUT2D eigenvalue weighted by atomic mass is 10.2. The monoisotopic (exact) mass is 288 g/mol. The van der Waals surface area contributed by atoms with Gasteiger partial charge in [0, 0.05) is 38.6 Å². The molecular weight excluding hydrogens is 272 g/mol. The third-order valence-corrected chi connectivity index (χ3v) is 3.53. The van der Waals surface area contributed by atoms with Crippen LogP contribution >= 0.6 is 0 Å². The minimum Gasteiger partial charge on any atom is -0.459 e. The Morgan fingerprint density at radius 2 is 1.95 bits per heavy atom. The van der Waals surface area contributed by atoms with Crippen LogP contribution in [0, 0.1) is 0 Å². The minimum absolute atomic E-state index is 0.0399. The summed E-state index contributed by atoms with van der Waals surface area (Å²) in [5.41, 5.74) is 0. The predicted octanol–water partition coefficient (Wildman–Crippen LogP) is 0.461. The second-order valence-electron chi connectivity index (χ2n) is 4.89. The zero-order chi connectivity index (χ0) is 14.7. The van der Waals surface area contributed by atoms with Gasteiger partial charge in [0.05, 0.1) is 12.6 Å². The van der Waals surface area contributed by atoms with E-state index in [0.717, 1.165) is 0 Å². The number of imidazole rings is 1. The van der Waals surface area contributed by atoms with Crippen molar-refractivity contribution in [2.24, 2.45) is 0 Å². The van der Waals surface area contributed by atoms with E-state index in [1.165, 1.54) is 6.26 Å². The van der Waals surface area contributed by atoms with Crippen LogP contribution in [0.25, 0.3) is 0 Å². The zero-order valence-corrected chi connectivity index (χ0v) is 11.5. The Morgan fingerprint density at radius 1 is 1.19 bits per heavy atom. The van der Waals surface area contributed by atoms with E-state index in [4.69, 9.17) is 4.42 Å². The molecule has 1 fully saturated rings. The van der Waals surface area contributed by atoms with Crippen molar-refractivity contribution in [3.05, 3.63) is 42.9 Å². The number of aromatic nitrogens is 2. The quantitative estimate of drug-likeness (QED) is 0.822. The number of nitrogens with zero attached hydrogens (tertiary/aromatic N) is 4. The van der Waals surface area contributed by atoms with Gasteiger partial charge in [0.1, 0.15) is 6.54 Å². The van der Waals surface area contributed by atoms with E-state index in [9.17, 15) is 9.59 Å². The first-order valence-corrected chi connectivity index (χ1v) is 6.80. The summed E-state index contributed by atoms with van der Waals surface area (Å²) in [7, 11) is 0. The molecule has 3 rings (SSSR count). The second-order valence-corrected chi connectivity index (χ2v) is 4.89. The molecule has 2 aromatic rings. The Labute approximate surface area is 121 Å². The molecule has 0 aliphatic carbocycles. The third-order valence-electron chi connectivity index (χ3n) is 3.53. The number of furan rings is 1. The molecule has 7 nitrogen and oxygen atoms in total. The van der Waals surface area contributed by atoms with Crippen molar-refractivity contribution in [2.45, 2.75) is 6.54 Å². The molecule has 0 atom stereocenters. The lowest BCUT2D eigenvalue weighted by Crippen LogP contribution is -2.51. The number of piperazine rings is 1. The lowest BCUT2D eigenvalue weighted by Gasteiger charge is -2.34. The SMILES string of the molecule is O=C(Cn1ccnc1)N1CCN(C(=O)c2ccco2)CC1. The molecule has 1 aliphatic heterocycles. The largest absolute Gasteiger partial charge is 0.459 e. The molecule has 0 saturated carbocycles. The van der Waals surface area contributed by atoms with Gasteiger partial charge in [-0.1, -0.05) is 0 Å². The highest BCUT2D eigenvalue weighted by atomic mass is 16.3. The molecule has 7 heteroatoms. The number of rotatable bonds is 3. The van der Waals surface area contributed by atoms with Crippen LogP contribution in [0.2, 0.25) is 0 Å². The van der Waals surface area contributed by atoms with Crippen molar-refractivity contribution in [1.29, 1.82) is 0 Å². The fourth-order valence-corrected chi connectivity index (χ4v) is 2.35. The van der Waals surface area contributed by atoms with E-state index in [0.29, 0.717) is 31.9 Å². The highest BCUT2D eigenvalue weighted by Gasteiger charge is 2.25. The zero-order valence-electron chi connectivity index (χ0n) is 11.5. The first kappa shape index (κ1) is 13.4. The Morgan fingerprint density at radius 3 is 2.57 bits per heavy atom. The van der Waals surface area contributed by atoms with E-state index in [1.54, 1.807) is 45.2 Å². The first-order valence-electron chi connectivity index (χ1n) is 6.80. The van der Waals surface area contributed by atoms with Gasteiger partial charge in [0.15, 0.2) is 5.76 Å². The highest BCUT2D eigenvalue weighted by molar-refractivity contribution is 5.91. The maximum Gasteiger partial charge on any atom is 0.289 e. The lowest BCUT2D eigenvalue weighted by molar-refractivity contribution is -0.133. The molecule has 1 aliphatic rings. The number of hydrogen-bond donors (Lipinski definition) is 0. The molecule has 0 aromatic carbocycles. The first-order chi connectivity index (χ1) is 10.2. The van der Waals surface area contributed by atoms with Crippen molar-refractivity contribution in [3.63, 3.8) is 0 Å². The number of hydrogen-bond acceptors (Lipinski definition) is 4. The summed E-state index contributed by atoms with van der Waals surface area (Å²) in [5, 5.41) is 0. The maximum absolute atomic E-state index is 12.1. The van der Waals surface area contributed by atoms with Crippen molar-refractivity contribution < 1.29 is 14.0 Å². The van der Waals surface area contributed by atoms with Gasteiger partial charge in [0.25, 0.3) is 5.91 Å². The second kappa shape index (κ2) is 5.82. The van der Waals surface area contributed by atoms with Gasteiger partial charge in [0.2, 0.25) is 5.91 Å². The van der Waals surface area contributed by atoms with Crippen LogP contribution in [0.4, 0.5) is 0 Å². The molecule has 2 aromatic heterocycles. The molecule has 2 amide bonds. The van der Waals surface area contributed by atoms with Crippen LogP contribution in [0.3, 0.4) is 0 Å². The fourth-order valence-electron chi connectivity index (χ4n) is 2.35. The van der Waals surface area contributed by atoms with Gasteiger partial charge >= 0.3 is 0 Å². The topological polar surface area (TPSA) is 71.6 Å². The standard InChI is InChI=1S/C14H16N4O3/c19-13(10-16-4-3-15-11-16)17-5-7-18(8-6-17)14(20)12-2-1-9-21-12/h1-4,9,11H,5-8,10H2. The van der Waals surface area contributed by atoms with Crippen molar-refractivity contribution in [1.82, 2.24) is 19.4 Å². The summed E-state index contributed by atoms with van der Waals surface area (Å²) in [6, 6.07) is 3.34. The van der Waals surface area contributed by atoms with Crippen LogP contribution in [0.15, 0.2) is 41.5 Å². The van der Waals surface area contributed by atoms with Gasteiger partial charge in [-0.25, -0.2) is 4.98 Å². The van der Waals surface area contributed by atoms with Gasteiger partial charge < -0.3 is 18.8 Å². The smallest absolute Gasteiger partial charge is 0.289 e. The van der Waals surface area contributed by atoms with Crippen LogP contribution in [0.5, 0.6) is 0 Å². The number of carbonyl (C=O) groups is 2. The normalized spacial score (nSPS) is 15.2. The van der Waals surface area contributed by atoms with Crippen molar-refractivity contribution in [3.8, 4) is 0 Å².